The Bertz CT molecular complexity index is 1150. The standard InChI is InChI=1S/C21H17FN4OS/c1-13-8-9-15(16(22)12-13)20(27)25-21-24-17(14-6-4-3-5-7-14)18(28-21)19-23-10-11-26(19)2/h3-12H,1-2H3,(H,24,25,27). The first kappa shape index (κ1) is 18.1. The number of anilines is 1. The highest BCUT2D eigenvalue weighted by atomic mass is 32.1. The van der Waals surface area contributed by atoms with E-state index in [-0.39, 0.29) is 5.56 Å². The molecule has 2 aromatic carbocycles. The Hall–Kier alpha value is -3.32. The lowest BCUT2D eigenvalue weighted by Gasteiger charge is -2.03. The summed E-state index contributed by atoms with van der Waals surface area (Å²) in [6, 6.07) is 14.2. The highest BCUT2D eigenvalue weighted by molar-refractivity contribution is 7.19. The van der Waals surface area contributed by atoms with Crippen molar-refractivity contribution in [3.63, 3.8) is 0 Å². The summed E-state index contributed by atoms with van der Waals surface area (Å²) >= 11 is 1.31. The van der Waals surface area contributed by atoms with Gasteiger partial charge in [-0.25, -0.2) is 14.4 Å². The molecule has 0 saturated heterocycles. The highest BCUT2D eigenvalue weighted by Gasteiger charge is 2.20. The number of imidazole rings is 1. The molecular weight excluding hydrogens is 375 g/mol. The number of benzene rings is 2. The molecular formula is C21H17FN4OS. The lowest BCUT2D eigenvalue weighted by Crippen LogP contribution is -2.13. The second-order valence-corrected chi connectivity index (χ2v) is 7.36. The van der Waals surface area contributed by atoms with Gasteiger partial charge in [-0.15, -0.1) is 0 Å². The Labute approximate surface area is 165 Å². The summed E-state index contributed by atoms with van der Waals surface area (Å²) in [5, 5.41) is 3.11. The third-order valence-corrected chi connectivity index (χ3v) is 5.26. The SMILES string of the molecule is Cc1ccc(C(=O)Nc2nc(-c3ccccc3)c(-c3nccn3C)s2)c(F)c1. The van der Waals surface area contributed by atoms with Crippen LogP contribution >= 0.6 is 11.3 Å². The van der Waals surface area contributed by atoms with Crippen LogP contribution in [0.1, 0.15) is 15.9 Å². The summed E-state index contributed by atoms with van der Waals surface area (Å²) < 4.78 is 16.0. The lowest BCUT2D eigenvalue weighted by atomic mass is 10.1. The number of hydrogen-bond donors (Lipinski definition) is 1. The van der Waals surface area contributed by atoms with Gasteiger partial charge in [0.25, 0.3) is 5.91 Å². The van der Waals surface area contributed by atoms with E-state index >= 15 is 0 Å². The van der Waals surface area contributed by atoms with Crippen LogP contribution in [-0.2, 0) is 7.05 Å². The first-order chi connectivity index (χ1) is 13.5. The van der Waals surface area contributed by atoms with Crippen LogP contribution in [0.2, 0.25) is 0 Å². The van der Waals surface area contributed by atoms with Gasteiger partial charge in [-0.05, 0) is 24.6 Å². The molecule has 7 heteroatoms. The van der Waals surface area contributed by atoms with E-state index in [1.54, 1.807) is 19.2 Å². The van der Waals surface area contributed by atoms with Gasteiger partial charge in [0, 0.05) is 25.0 Å². The van der Waals surface area contributed by atoms with Crippen LogP contribution < -0.4 is 5.32 Å². The molecule has 0 unspecified atom stereocenters. The second-order valence-electron chi connectivity index (χ2n) is 6.36. The zero-order valence-electron chi connectivity index (χ0n) is 15.3. The Morgan fingerprint density at radius 1 is 1.18 bits per heavy atom. The largest absolute Gasteiger partial charge is 0.333 e. The van der Waals surface area contributed by atoms with Crippen LogP contribution in [-0.4, -0.2) is 20.4 Å². The number of halogens is 1. The number of carbonyl (C=O) groups is 1. The van der Waals surface area contributed by atoms with Gasteiger partial charge >= 0.3 is 0 Å². The number of nitrogens with zero attached hydrogens (tertiary/aromatic N) is 3. The first-order valence-electron chi connectivity index (χ1n) is 8.64. The molecule has 0 atom stereocenters. The highest BCUT2D eigenvalue weighted by Crippen LogP contribution is 2.38. The molecule has 2 heterocycles. The zero-order chi connectivity index (χ0) is 19.7. The smallest absolute Gasteiger partial charge is 0.260 e. The summed E-state index contributed by atoms with van der Waals surface area (Å²) in [5.41, 5.74) is 2.38. The summed E-state index contributed by atoms with van der Waals surface area (Å²) in [4.78, 5) is 22.4. The van der Waals surface area contributed by atoms with Crippen LogP contribution in [0.15, 0.2) is 60.9 Å². The molecule has 28 heavy (non-hydrogen) atoms. The summed E-state index contributed by atoms with van der Waals surface area (Å²) in [5.74, 6) is -0.336. The predicted molar refractivity (Wildman–Crippen MR) is 109 cm³/mol. The van der Waals surface area contributed by atoms with E-state index in [1.807, 2.05) is 48.1 Å². The van der Waals surface area contributed by atoms with Crippen molar-refractivity contribution >= 4 is 22.4 Å². The fraction of sp³-hybridized carbons (Fsp3) is 0.0952. The average Bonchev–Trinajstić information content (AvgIpc) is 3.28. The van der Waals surface area contributed by atoms with Gasteiger partial charge in [-0.3, -0.25) is 10.1 Å². The number of nitrogens with one attached hydrogen (secondary N) is 1. The minimum Gasteiger partial charge on any atom is -0.333 e. The molecule has 5 nitrogen and oxygen atoms in total. The fourth-order valence-corrected chi connectivity index (χ4v) is 3.89. The van der Waals surface area contributed by atoms with Gasteiger partial charge in [0.05, 0.1) is 16.1 Å². The van der Waals surface area contributed by atoms with E-state index in [2.05, 4.69) is 15.3 Å². The molecule has 4 rings (SSSR count). The molecule has 0 aliphatic heterocycles. The maximum Gasteiger partial charge on any atom is 0.260 e. The van der Waals surface area contributed by atoms with Crippen LogP contribution in [0.25, 0.3) is 22.0 Å². The van der Waals surface area contributed by atoms with Crippen LogP contribution in [0.5, 0.6) is 0 Å². The number of aromatic nitrogens is 3. The molecule has 4 aromatic rings. The van der Waals surface area contributed by atoms with Crippen molar-refractivity contribution in [2.75, 3.05) is 5.32 Å². The quantitative estimate of drug-likeness (QED) is 0.537. The van der Waals surface area contributed by atoms with Gasteiger partial charge in [-0.2, -0.15) is 0 Å². The Balaban J connectivity index is 1.73. The molecule has 0 saturated carbocycles. The molecule has 0 bridgehead atoms. The van der Waals surface area contributed by atoms with Crippen molar-refractivity contribution in [1.82, 2.24) is 14.5 Å². The van der Waals surface area contributed by atoms with E-state index < -0.39 is 11.7 Å². The lowest BCUT2D eigenvalue weighted by molar-refractivity contribution is 0.102. The Kier molecular flexibility index (Phi) is 4.75. The van der Waals surface area contributed by atoms with Gasteiger partial charge < -0.3 is 4.57 Å². The van der Waals surface area contributed by atoms with Crippen molar-refractivity contribution < 1.29 is 9.18 Å². The minimum atomic E-state index is -0.554. The number of amides is 1. The number of carbonyl (C=O) groups excluding carboxylic acids is 1. The molecule has 0 aliphatic carbocycles. The molecule has 0 fully saturated rings. The maximum atomic E-state index is 14.1. The van der Waals surface area contributed by atoms with Crippen molar-refractivity contribution in [3.8, 4) is 22.0 Å². The minimum absolute atomic E-state index is 0.0133. The van der Waals surface area contributed by atoms with Gasteiger partial charge in [-0.1, -0.05) is 47.7 Å². The van der Waals surface area contributed by atoms with E-state index in [4.69, 9.17) is 0 Å². The topological polar surface area (TPSA) is 59.8 Å². The molecule has 0 radical (unpaired) electrons. The molecule has 2 aromatic heterocycles. The normalized spacial score (nSPS) is 10.8. The maximum absolute atomic E-state index is 14.1. The molecule has 140 valence electrons. The number of aryl methyl sites for hydroxylation is 2. The van der Waals surface area contributed by atoms with Gasteiger partial charge in [0.2, 0.25) is 0 Å². The van der Waals surface area contributed by atoms with Gasteiger partial charge in [0.1, 0.15) is 5.82 Å². The van der Waals surface area contributed by atoms with Crippen LogP contribution in [0, 0.1) is 12.7 Å². The second kappa shape index (κ2) is 7.36. The van der Waals surface area contributed by atoms with Crippen molar-refractivity contribution in [2.45, 2.75) is 6.92 Å². The third-order valence-electron chi connectivity index (χ3n) is 4.29. The van der Waals surface area contributed by atoms with Crippen molar-refractivity contribution in [2.24, 2.45) is 7.05 Å². The van der Waals surface area contributed by atoms with Crippen molar-refractivity contribution in [1.29, 1.82) is 0 Å². The fourth-order valence-electron chi connectivity index (χ4n) is 2.87. The number of thiazole rings is 1. The Morgan fingerprint density at radius 3 is 2.64 bits per heavy atom. The van der Waals surface area contributed by atoms with Crippen LogP contribution in [0.3, 0.4) is 0 Å². The third kappa shape index (κ3) is 3.44. The van der Waals surface area contributed by atoms with E-state index in [0.717, 1.165) is 27.5 Å². The summed E-state index contributed by atoms with van der Waals surface area (Å²) in [6.07, 6.45) is 3.56. The zero-order valence-corrected chi connectivity index (χ0v) is 16.1. The van der Waals surface area contributed by atoms with Crippen LogP contribution in [0.4, 0.5) is 9.52 Å². The molecule has 1 amide bonds. The number of rotatable bonds is 4. The number of hydrogen-bond acceptors (Lipinski definition) is 4. The Morgan fingerprint density at radius 2 is 1.96 bits per heavy atom. The summed E-state index contributed by atoms with van der Waals surface area (Å²) in [7, 11) is 1.90. The average molecular weight is 392 g/mol. The van der Waals surface area contributed by atoms with Gasteiger partial charge in [0.15, 0.2) is 11.0 Å². The molecule has 0 aliphatic rings. The summed E-state index contributed by atoms with van der Waals surface area (Å²) in [6.45, 7) is 1.77. The van der Waals surface area contributed by atoms with E-state index in [9.17, 15) is 9.18 Å². The van der Waals surface area contributed by atoms with Crippen molar-refractivity contribution in [3.05, 3.63) is 77.9 Å². The van der Waals surface area contributed by atoms with E-state index in [0.29, 0.717) is 5.13 Å². The van der Waals surface area contributed by atoms with E-state index in [1.165, 1.54) is 23.5 Å². The molecule has 0 spiro atoms. The predicted octanol–water partition coefficient (Wildman–Crippen LogP) is 4.91. The monoisotopic (exact) mass is 392 g/mol. The first-order valence-corrected chi connectivity index (χ1v) is 9.46. The molecule has 1 N–H and O–H groups in total.